The molecule has 0 aliphatic rings. The van der Waals surface area contributed by atoms with E-state index in [1.807, 2.05) is 0 Å². The lowest BCUT2D eigenvalue weighted by Crippen LogP contribution is -2.17. The van der Waals surface area contributed by atoms with Crippen LogP contribution in [0.2, 0.25) is 0 Å². The van der Waals surface area contributed by atoms with Crippen molar-refractivity contribution in [2.24, 2.45) is 0 Å². The van der Waals surface area contributed by atoms with E-state index in [9.17, 15) is 62.3 Å². The Morgan fingerprint density at radius 2 is 0.700 bits per heavy atom. The van der Waals surface area contributed by atoms with E-state index < -0.39 is 58.1 Å². The molecule has 10 aromatic rings. The molecule has 6 aromatic carbocycles. The van der Waals surface area contributed by atoms with E-state index in [1.54, 1.807) is 0 Å². The van der Waals surface area contributed by atoms with Crippen LogP contribution >= 0.6 is 0 Å². The highest BCUT2D eigenvalue weighted by Crippen LogP contribution is 2.47. The third-order valence-corrected chi connectivity index (χ3v) is 10.7. The molecule has 0 spiro atoms. The van der Waals surface area contributed by atoms with Crippen LogP contribution in [0, 0.1) is 0 Å². The molecule has 0 saturated heterocycles. The molecule has 0 bridgehead atoms. The van der Waals surface area contributed by atoms with Crippen LogP contribution in [0.15, 0.2) is 107 Å². The lowest BCUT2D eigenvalue weighted by atomic mass is 9.86. The summed E-state index contributed by atoms with van der Waals surface area (Å²) in [6.07, 6.45) is -19.2. The number of aromatic nitrogens is 4. The maximum absolute atomic E-state index is 14.8. The number of alkyl halides is 12. The molecule has 0 radical (unpaired) electrons. The molecule has 10 rings (SSSR count). The van der Waals surface area contributed by atoms with Gasteiger partial charge in [-0.2, -0.15) is 52.7 Å². The molecule has 0 aliphatic carbocycles. The number of benzene rings is 6. The standard InChI is InChI=1S/C42H16F12N4O2/c43-39(44,45)19-5-1-17(2-6-19)23-15-25-32-31-26(38(60)57-29-11-9-21(41(49,50)51)13-27(29)55-35(57)33(23)31)16-24(18-3-7-20(8-4-18)40(46,47)48)34(32)36-56-28-14-22(42(52,53)54)10-12-30(28)58(36)37(25)59/h1-16H. The topological polar surface area (TPSA) is 68.7 Å². The summed E-state index contributed by atoms with van der Waals surface area (Å²) in [4.78, 5) is 38.4. The van der Waals surface area contributed by atoms with Crippen LogP contribution in [0.1, 0.15) is 22.3 Å². The Morgan fingerprint density at radius 3 is 1.02 bits per heavy atom. The van der Waals surface area contributed by atoms with Gasteiger partial charge in [0, 0.05) is 32.3 Å². The average molecular weight is 837 g/mol. The minimum atomic E-state index is -4.83. The van der Waals surface area contributed by atoms with Gasteiger partial charge in [-0.05, 0) is 95.1 Å². The first-order valence-corrected chi connectivity index (χ1v) is 17.4. The number of nitrogens with zero attached hydrogens (tertiary/aromatic N) is 4. The number of hydrogen-bond donors (Lipinski definition) is 0. The lowest BCUT2D eigenvalue weighted by Gasteiger charge is -2.19. The second-order valence-electron chi connectivity index (χ2n) is 14.1. The molecule has 0 N–H and O–H groups in total. The van der Waals surface area contributed by atoms with Crippen molar-refractivity contribution >= 4 is 65.7 Å². The Hall–Kier alpha value is -6.98. The number of imidazole rings is 2. The number of pyridine rings is 2. The van der Waals surface area contributed by atoms with Crippen molar-refractivity contribution in [3.8, 4) is 22.3 Å². The molecule has 0 fully saturated rings. The van der Waals surface area contributed by atoms with E-state index in [2.05, 4.69) is 9.97 Å². The van der Waals surface area contributed by atoms with E-state index in [1.165, 1.54) is 12.1 Å². The lowest BCUT2D eigenvalue weighted by molar-refractivity contribution is -0.138. The summed E-state index contributed by atoms with van der Waals surface area (Å²) >= 11 is 0. The summed E-state index contributed by atoms with van der Waals surface area (Å²) in [6, 6.07) is 14.8. The van der Waals surface area contributed by atoms with Gasteiger partial charge in [0.1, 0.15) is 11.3 Å². The maximum Gasteiger partial charge on any atom is 0.416 e. The SMILES string of the molecule is O=c1c2cc(-c3ccc(C(F)(F)F)cc3)c3c4c(cc(-c5ccc(C(F)(F)F)cc5)c(c24)c2nc4cc(C(F)(F)F)ccc4n12)c(=O)n1c2ccc(C(F)(F)F)cc2nc31. The Labute approximate surface area is 323 Å². The second-order valence-corrected chi connectivity index (χ2v) is 14.1. The van der Waals surface area contributed by atoms with E-state index in [-0.39, 0.29) is 87.9 Å². The van der Waals surface area contributed by atoms with Crippen LogP contribution in [0.25, 0.3) is 87.9 Å². The van der Waals surface area contributed by atoms with Crippen molar-refractivity contribution in [1.29, 1.82) is 0 Å². The Bertz CT molecular complexity index is 3330. The summed E-state index contributed by atoms with van der Waals surface area (Å²) < 4.78 is 168. The third kappa shape index (κ3) is 5.31. The molecule has 0 amide bonds. The molecule has 6 nitrogen and oxygen atoms in total. The van der Waals surface area contributed by atoms with Gasteiger partial charge in [0.2, 0.25) is 0 Å². The first-order chi connectivity index (χ1) is 28.1. The quantitative estimate of drug-likeness (QED) is 0.128. The van der Waals surface area contributed by atoms with E-state index >= 15 is 0 Å². The van der Waals surface area contributed by atoms with Gasteiger partial charge in [0.15, 0.2) is 0 Å². The maximum atomic E-state index is 14.8. The molecule has 4 heterocycles. The van der Waals surface area contributed by atoms with Gasteiger partial charge < -0.3 is 0 Å². The van der Waals surface area contributed by atoms with E-state index in [0.29, 0.717) is 12.1 Å². The molecule has 4 aromatic heterocycles. The van der Waals surface area contributed by atoms with Crippen molar-refractivity contribution < 1.29 is 52.7 Å². The second kappa shape index (κ2) is 11.8. The Balaban J connectivity index is 1.46. The number of rotatable bonds is 2. The van der Waals surface area contributed by atoms with Crippen molar-refractivity contribution in [3.63, 3.8) is 0 Å². The third-order valence-electron chi connectivity index (χ3n) is 10.7. The fourth-order valence-corrected chi connectivity index (χ4v) is 8.07. The number of hydrogen-bond acceptors (Lipinski definition) is 4. The zero-order valence-electron chi connectivity index (χ0n) is 29.4. The van der Waals surface area contributed by atoms with Crippen molar-refractivity contribution in [3.05, 3.63) is 140 Å². The van der Waals surface area contributed by atoms with Gasteiger partial charge in [-0.15, -0.1) is 0 Å². The summed E-state index contributed by atoms with van der Waals surface area (Å²) in [5, 5.41) is -0.581. The minimum Gasteiger partial charge on any atom is -0.268 e. The smallest absolute Gasteiger partial charge is 0.268 e. The predicted octanol–water partition coefficient (Wildman–Crippen LogP) is 11.8. The fourth-order valence-electron chi connectivity index (χ4n) is 8.07. The molecule has 300 valence electrons. The number of halogens is 12. The van der Waals surface area contributed by atoms with Crippen molar-refractivity contribution in [2.45, 2.75) is 24.7 Å². The predicted molar refractivity (Wildman–Crippen MR) is 197 cm³/mol. The van der Waals surface area contributed by atoms with Crippen molar-refractivity contribution in [1.82, 2.24) is 18.8 Å². The minimum absolute atomic E-state index is 0.00128. The summed E-state index contributed by atoms with van der Waals surface area (Å²) in [5.41, 5.74) is -7.32. The highest BCUT2D eigenvalue weighted by atomic mass is 19.4. The summed E-state index contributed by atoms with van der Waals surface area (Å²) in [7, 11) is 0. The van der Waals surface area contributed by atoms with Crippen LogP contribution < -0.4 is 11.1 Å². The van der Waals surface area contributed by atoms with Crippen LogP contribution in [0.4, 0.5) is 52.7 Å². The highest BCUT2D eigenvalue weighted by Gasteiger charge is 2.35. The molecule has 0 saturated carbocycles. The highest BCUT2D eigenvalue weighted by molar-refractivity contribution is 6.33. The van der Waals surface area contributed by atoms with Gasteiger partial charge in [-0.3, -0.25) is 18.4 Å². The monoisotopic (exact) mass is 836 g/mol. The normalized spacial score (nSPS) is 13.5. The zero-order chi connectivity index (χ0) is 42.6. The van der Waals surface area contributed by atoms with Crippen molar-refractivity contribution in [2.75, 3.05) is 0 Å². The Morgan fingerprint density at radius 1 is 0.383 bits per heavy atom. The Kier molecular flexibility index (Phi) is 7.35. The van der Waals surface area contributed by atoms with Gasteiger partial charge in [-0.25, -0.2) is 9.97 Å². The van der Waals surface area contributed by atoms with Gasteiger partial charge in [-0.1, -0.05) is 24.3 Å². The van der Waals surface area contributed by atoms with Crippen LogP contribution in [-0.4, -0.2) is 18.8 Å². The van der Waals surface area contributed by atoms with Crippen LogP contribution in [0.5, 0.6) is 0 Å². The van der Waals surface area contributed by atoms with Gasteiger partial charge in [0.25, 0.3) is 11.1 Å². The molecule has 0 aliphatic heterocycles. The van der Waals surface area contributed by atoms with Gasteiger partial charge >= 0.3 is 24.7 Å². The number of fused-ring (bicyclic) bond motifs is 8. The molecule has 0 unspecified atom stereocenters. The molecule has 0 atom stereocenters. The summed E-state index contributed by atoms with van der Waals surface area (Å²) in [6.45, 7) is 0. The first-order valence-electron chi connectivity index (χ1n) is 17.4. The summed E-state index contributed by atoms with van der Waals surface area (Å²) in [5.74, 6) is 0. The molecule has 60 heavy (non-hydrogen) atoms. The van der Waals surface area contributed by atoms with Crippen LogP contribution in [-0.2, 0) is 24.7 Å². The largest absolute Gasteiger partial charge is 0.416 e. The van der Waals surface area contributed by atoms with E-state index in [0.717, 1.165) is 81.6 Å². The van der Waals surface area contributed by atoms with Crippen LogP contribution in [0.3, 0.4) is 0 Å². The molecule has 18 heteroatoms. The average Bonchev–Trinajstić information content (AvgIpc) is 3.76. The molecular weight excluding hydrogens is 820 g/mol. The van der Waals surface area contributed by atoms with Gasteiger partial charge in [0.05, 0.1) is 44.3 Å². The van der Waals surface area contributed by atoms with E-state index in [4.69, 9.17) is 0 Å². The zero-order valence-corrected chi connectivity index (χ0v) is 29.4. The first kappa shape index (κ1) is 37.3. The fraction of sp³-hybridized carbons (Fsp3) is 0.0952. The molecular formula is C42H16F12N4O2.